The number of carboxylic acid groups (broad SMARTS) is 1. The SMILES string of the molecule is NC1C(=O)N2C(C(=O)O)=C(Cc3ccc(O)c(O)c3)CS[C@H]12. The fraction of sp³-hybridized carbons (Fsp3) is 0.286. The number of fused-ring (bicyclic) bond motifs is 1. The number of phenolic OH excluding ortho intramolecular Hbond substituents is 2. The summed E-state index contributed by atoms with van der Waals surface area (Å²) in [6.07, 6.45) is 0.272. The molecule has 8 heteroatoms. The molecule has 5 N–H and O–H groups in total. The van der Waals surface area contributed by atoms with Crippen molar-refractivity contribution >= 4 is 23.6 Å². The van der Waals surface area contributed by atoms with Crippen molar-refractivity contribution in [2.45, 2.75) is 17.8 Å². The van der Waals surface area contributed by atoms with E-state index in [2.05, 4.69) is 0 Å². The number of carbonyl (C=O) groups is 2. The Hall–Kier alpha value is -2.19. The Morgan fingerprint density at radius 1 is 1.36 bits per heavy atom. The maximum absolute atomic E-state index is 11.8. The van der Waals surface area contributed by atoms with Gasteiger partial charge in [0, 0.05) is 5.75 Å². The predicted molar refractivity (Wildman–Crippen MR) is 79.2 cm³/mol. The third kappa shape index (κ3) is 2.20. The minimum atomic E-state index is -1.16. The lowest BCUT2D eigenvalue weighted by molar-refractivity contribution is -0.148. The molecule has 0 aliphatic carbocycles. The van der Waals surface area contributed by atoms with Gasteiger partial charge >= 0.3 is 5.97 Å². The Kier molecular flexibility index (Phi) is 3.50. The molecule has 1 aromatic carbocycles. The van der Waals surface area contributed by atoms with Crippen LogP contribution in [0.1, 0.15) is 5.56 Å². The topological polar surface area (TPSA) is 124 Å². The molecule has 0 spiro atoms. The van der Waals surface area contributed by atoms with Gasteiger partial charge in [0.15, 0.2) is 11.5 Å². The zero-order chi connectivity index (χ0) is 16.0. The Morgan fingerprint density at radius 3 is 2.73 bits per heavy atom. The first-order chi connectivity index (χ1) is 10.4. The molecule has 1 fully saturated rings. The summed E-state index contributed by atoms with van der Waals surface area (Å²) in [5.74, 6) is -1.61. The first-order valence-corrected chi connectivity index (χ1v) is 7.61. The van der Waals surface area contributed by atoms with Crippen LogP contribution in [0.15, 0.2) is 29.5 Å². The van der Waals surface area contributed by atoms with Gasteiger partial charge in [0.05, 0.1) is 0 Å². The van der Waals surface area contributed by atoms with E-state index in [0.29, 0.717) is 16.9 Å². The van der Waals surface area contributed by atoms with Gasteiger partial charge in [0.25, 0.3) is 0 Å². The van der Waals surface area contributed by atoms with Gasteiger partial charge in [0.1, 0.15) is 17.1 Å². The van der Waals surface area contributed by atoms with Crippen LogP contribution in [0.5, 0.6) is 11.5 Å². The minimum absolute atomic E-state index is 0.0250. The van der Waals surface area contributed by atoms with E-state index in [1.165, 1.54) is 28.8 Å². The van der Waals surface area contributed by atoms with Crippen LogP contribution in [0.2, 0.25) is 0 Å². The Bertz CT molecular complexity index is 702. The summed E-state index contributed by atoms with van der Waals surface area (Å²) in [4.78, 5) is 24.6. The van der Waals surface area contributed by atoms with Crippen LogP contribution in [-0.2, 0) is 16.0 Å². The third-order valence-electron chi connectivity index (χ3n) is 3.75. The number of aromatic hydroxyl groups is 2. The van der Waals surface area contributed by atoms with E-state index < -0.39 is 12.0 Å². The molecule has 2 heterocycles. The number of rotatable bonds is 3. The van der Waals surface area contributed by atoms with E-state index in [1.54, 1.807) is 6.07 Å². The van der Waals surface area contributed by atoms with Crippen molar-refractivity contribution in [3.63, 3.8) is 0 Å². The first kappa shape index (κ1) is 14.7. The smallest absolute Gasteiger partial charge is 0.352 e. The summed E-state index contributed by atoms with van der Waals surface area (Å²) in [5, 5.41) is 27.9. The van der Waals surface area contributed by atoms with E-state index in [4.69, 9.17) is 5.73 Å². The van der Waals surface area contributed by atoms with Crippen LogP contribution in [0.25, 0.3) is 0 Å². The Labute approximate surface area is 130 Å². The van der Waals surface area contributed by atoms with Gasteiger partial charge in [-0.15, -0.1) is 11.8 Å². The number of hydrogen-bond acceptors (Lipinski definition) is 6. The average Bonchev–Trinajstić information content (AvgIpc) is 2.49. The number of benzene rings is 1. The molecule has 1 saturated heterocycles. The number of nitrogens with two attached hydrogens (primary N) is 1. The van der Waals surface area contributed by atoms with Crippen molar-refractivity contribution in [2.24, 2.45) is 5.73 Å². The van der Waals surface area contributed by atoms with Crippen LogP contribution >= 0.6 is 11.8 Å². The number of carbonyl (C=O) groups excluding carboxylic acids is 1. The number of phenols is 2. The number of nitrogens with zero attached hydrogens (tertiary/aromatic N) is 1. The molecule has 3 rings (SSSR count). The summed E-state index contributed by atoms with van der Waals surface area (Å²) < 4.78 is 0. The van der Waals surface area contributed by atoms with Gasteiger partial charge in [-0.1, -0.05) is 6.07 Å². The quantitative estimate of drug-likeness (QED) is 0.463. The second-order valence-corrected chi connectivity index (χ2v) is 6.30. The van der Waals surface area contributed by atoms with Gasteiger partial charge in [-0.25, -0.2) is 4.79 Å². The molecule has 1 aromatic rings. The van der Waals surface area contributed by atoms with Gasteiger partial charge in [-0.2, -0.15) is 0 Å². The largest absolute Gasteiger partial charge is 0.504 e. The molecule has 2 aliphatic rings. The lowest BCUT2D eigenvalue weighted by Crippen LogP contribution is -2.68. The van der Waals surface area contributed by atoms with Gasteiger partial charge < -0.3 is 21.1 Å². The minimum Gasteiger partial charge on any atom is -0.504 e. The molecular weight excluding hydrogens is 308 g/mol. The monoisotopic (exact) mass is 322 g/mol. The fourth-order valence-corrected chi connectivity index (χ4v) is 3.93. The van der Waals surface area contributed by atoms with Crippen molar-refractivity contribution in [1.82, 2.24) is 4.90 Å². The molecule has 0 radical (unpaired) electrons. The highest BCUT2D eigenvalue weighted by Gasteiger charge is 2.51. The molecule has 22 heavy (non-hydrogen) atoms. The average molecular weight is 322 g/mol. The number of thioether (sulfide) groups is 1. The zero-order valence-electron chi connectivity index (χ0n) is 11.4. The molecule has 7 nitrogen and oxygen atoms in total. The summed E-state index contributed by atoms with van der Waals surface area (Å²) in [6, 6.07) is 3.66. The van der Waals surface area contributed by atoms with Gasteiger partial charge in [-0.05, 0) is 29.7 Å². The molecule has 1 amide bonds. The van der Waals surface area contributed by atoms with Crippen molar-refractivity contribution in [2.75, 3.05) is 5.75 Å². The van der Waals surface area contributed by atoms with Crippen LogP contribution in [-0.4, -0.2) is 49.3 Å². The second kappa shape index (κ2) is 5.22. The van der Waals surface area contributed by atoms with E-state index in [9.17, 15) is 24.9 Å². The zero-order valence-corrected chi connectivity index (χ0v) is 12.2. The second-order valence-electron chi connectivity index (χ2n) is 5.19. The number of hydrogen-bond donors (Lipinski definition) is 4. The molecule has 1 unspecified atom stereocenters. The molecule has 0 saturated carbocycles. The standard InChI is InChI=1S/C14H14N2O5S/c15-10-12(19)16-11(14(20)21)7(5-22-13(10)16)3-6-1-2-8(17)9(18)4-6/h1-2,4,10,13,17-18H,3,5,15H2,(H,20,21)/t10?,13-/m1/s1. The lowest BCUT2D eigenvalue weighted by Gasteiger charge is -2.48. The number of aliphatic carboxylic acids is 1. The number of amides is 1. The normalized spacial score (nSPS) is 24.0. The first-order valence-electron chi connectivity index (χ1n) is 6.56. The van der Waals surface area contributed by atoms with Crippen molar-refractivity contribution < 1.29 is 24.9 Å². The van der Waals surface area contributed by atoms with Crippen LogP contribution in [0.4, 0.5) is 0 Å². The molecule has 2 aliphatic heterocycles. The Balaban J connectivity index is 1.94. The van der Waals surface area contributed by atoms with E-state index in [-0.39, 0.29) is 34.9 Å². The van der Waals surface area contributed by atoms with E-state index in [1.807, 2.05) is 0 Å². The van der Waals surface area contributed by atoms with Gasteiger partial charge in [-0.3, -0.25) is 9.69 Å². The summed E-state index contributed by atoms with van der Waals surface area (Å²) in [7, 11) is 0. The number of carboxylic acids is 1. The lowest BCUT2D eigenvalue weighted by atomic mass is 9.99. The third-order valence-corrected chi connectivity index (χ3v) is 5.11. The summed E-state index contributed by atoms with van der Waals surface area (Å²) >= 11 is 1.43. The fourth-order valence-electron chi connectivity index (χ4n) is 2.64. The maximum atomic E-state index is 11.8. The van der Waals surface area contributed by atoms with Crippen molar-refractivity contribution in [1.29, 1.82) is 0 Å². The van der Waals surface area contributed by atoms with E-state index in [0.717, 1.165) is 0 Å². The Morgan fingerprint density at radius 2 is 2.09 bits per heavy atom. The van der Waals surface area contributed by atoms with Crippen molar-refractivity contribution in [3.05, 3.63) is 35.0 Å². The molecule has 2 atom stereocenters. The molecular formula is C14H14N2O5S. The highest BCUT2D eigenvalue weighted by molar-refractivity contribution is 8.00. The van der Waals surface area contributed by atoms with E-state index >= 15 is 0 Å². The molecule has 0 bridgehead atoms. The highest BCUT2D eigenvalue weighted by atomic mass is 32.2. The number of β-lactam (4-membered cyclic amide) rings is 1. The van der Waals surface area contributed by atoms with Crippen molar-refractivity contribution in [3.8, 4) is 11.5 Å². The van der Waals surface area contributed by atoms with Gasteiger partial charge in [0.2, 0.25) is 5.91 Å². The molecule has 0 aromatic heterocycles. The van der Waals surface area contributed by atoms with Crippen LogP contribution in [0, 0.1) is 0 Å². The van der Waals surface area contributed by atoms with Crippen LogP contribution in [0.3, 0.4) is 0 Å². The molecule has 116 valence electrons. The van der Waals surface area contributed by atoms with Crippen LogP contribution < -0.4 is 5.73 Å². The summed E-state index contributed by atoms with van der Waals surface area (Å²) in [6.45, 7) is 0. The summed E-state index contributed by atoms with van der Waals surface area (Å²) in [5.41, 5.74) is 6.90. The highest BCUT2D eigenvalue weighted by Crippen LogP contribution is 2.40. The maximum Gasteiger partial charge on any atom is 0.352 e. The predicted octanol–water partition coefficient (Wildman–Crippen LogP) is 0.221.